The third-order valence-electron chi connectivity index (χ3n) is 0.954. The fourth-order valence-electron chi connectivity index (χ4n) is 0.534. The Morgan fingerprint density at radius 1 is 1.70 bits per heavy atom. The van der Waals surface area contributed by atoms with Gasteiger partial charge in [-0.15, -0.1) is 0 Å². The third kappa shape index (κ3) is 1.42. The van der Waals surface area contributed by atoms with E-state index in [9.17, 15) is 0 Å². The fourth-order valence-corrected chi connectivity index (χ4v) is 0.914. The molecule has 0 bridgehead atoms. The van der Waals surface area contributed by atoms with Crippen molar-refractivity contribution in [2.24, 2.45) is 0 Å². The van der Waals surface area contributed by atoms with Gasteiger partial charge in [0.05, 0.1) is 5.69 Å². The topological polar surface area (TPSA) is 49.6 Å². The molecule has 0 N–H and O–H groups in total. The quantitative estimate of drug-likeness (QED) is 0.646. The van der Waals surface area contributed by atoms with Crippen LogP contribution >= 0.6 is 22.6 Å². The molecule has 1 heterocycles. The van der Waals surface area contributed by atoms with Crippen molar-refractivity contribution in [3.05, 3.63) is 21.3 Å². The van der Waals surface area contributed by atoms with Gasteiger partial charge in [0.1, 0.15) is 9.77 Å². The first-order valence-electron chi connectivity index (χ1n) is 2.63. The highest BCUT2D eigenvalue weighted by molar-refractivity contribution is 14.1. The van der Waals surface area contributed by atoms with Crippen molar-refractivity contribution in [3.63, 3.8) is 0 Å². The average molecular weight is 245 g/mol. The van der Waals surface area contributed by atoms with E-state index in [4.69, 9.17) is 5.26 Å². The van der Waals surface area contributed by atoms with E-state index in [0.717, 1.165) is 5.69 Å². The van der Waals surface area contributed by atoms with Gasteiger partial charge in [-0.1, -0.05) is 0 Å². The highest BCUT2D eigenvalue weighted by Crippen LogP contribution is 2.04. The maximum atomic E-state index is 8.49. The Morgan fingerprint density at radius 2 is 2.40 bits per heavy atom. The summed E-state index contributed by atoms with van der Waals surface area (Å²) in [5.41, 5.74) is 1.18. The molecule has 0 saturated heterocycles. The summed E-state index contributed by atoms with van der Waals surface area (Å²) in [5, 5.41) is 8.49. The summed E-state index contributed by atoms with van der Waals surface area (Å²) >= 11 is 1.98. The second-order valence-corrected chi connectivity index (χ2v) is 2.78. The molecular weight excluding hydrogens is 241 g/mol. The van der Waals surface area contributed by atoms with E-state index in [1.54, 1.807) is 6.20 Å². The third-order valence-corrected chi connectivity index (χ3v) is 1.74. The summed E-state index contributed by atoms with van der Waals surface area (Å²) in [5.74, 6) is 0. The highest BCUT2D eigenvalue weighted by atomic mass is 127. The van der Waals surface area contributed by atoms with Crippen LogP contribution in [0.2, 0.25) is 0 Å². The minimum atomic E-state index is 0.403. The first kappa shape index (κ1) is 7.41. The number of aromatic nitrogens is 2. The zero-order valence-electron chi connectivity index (χ0n) is 5.30. The highest BCUT2D eigenvalue weighted by Gasteiger charge is 1.99. The number of hydrogen-bond donors (Lipinski definition) is 0. The van der Waals surface area contributed by atoms with Crippen LogP contribution in [0.3, 0.4) is 0 Å². The molecule has 0 unspecified atom stereocenters. The molecule has 3 nitrogen and oxygen atoms in total. The number of nitriles is 1. The van der Waals surface area contributed by atoms with Gasteiger partial charge in [-0.05, 0) is 29.5 Å². The van der Waals surface area contributed by atoms with Crippen LogP contribution in [0.5, 0.6) is 0 Å². The fraction of sp³-hybridized carbons (Fsp3) is 0.167. The second kappa shape index (κ2) is 2.92. The summed E-state index contributed by atoms with van der Waals surface area (Å²) in [7, 11) is 0. The van der Waals surface area contributed by atoms with Crippen LogP contribution in [-0.2, 0) is 0 Å². The SMILES string of the molecule is Cc1cnc(I)c(C#N)n1. The van der Waals surface area contributed by atoms with Crippen molar-refractivity contribution in [1.82, 2.24) is 9.97 Å². The predicted octanol–water partition coefficient (Wildman–Crippen LogP) is 1.26. The average Bonchev–Trinajstić information content (AvgIpc) is 1.94. The normalized spacial score (nSPS) is 8.90. The summed E-state index contributed by atoms with van der Waals surface area (Å²) < 4.78 is 0.658. The Kier molecular flexibility index (Phi) is 2.17. The minimum Gasteiger partial charge on any atom is -0.245 e. The van der Waals surface area contributed by atoms with Crippen molar-refractivity contribution in [3.8, 4) is 6.07 Å². The van der Waals surface area contributed by atoms with Crippen LogP contribution in [0.15, 0.2) is 6.20 Å². The molecule has 1 rings (SSSR count). The lowest BCUT2D eigenvalue weighted by molar-refractivity contribution is 1.06. The molecule has 0 spiro atoms. The van der Waals surface area contributed by atoms with Gasteiger partial charge in [0.15, 0.2) is 5.69 Å². The van der Waals surface area contributed by atoms with Gasteiger partial charge >= 0.3 is 0 Å². The van der Waals surface area contributed by atoms with Crippen LogP contribution in [0.4, 0.5) is 0 Å². The summed E-state index contributed by atoms with van der Waals surface area (Å²) in [4.78, 5) is 7.91. The molecule has 0 atom stereocenters. The van der Waals surface area contributed by atoms with Crippen molar-refractivity contribution in [2.45, 2.75) is 6.92 Å². The number of hydrogen-bond acceptors (Lipinski definition) is 3. The van der Waals surface area contributed by atoms with Gasteiger partial charge < -0.3 is 0 Å². The van der Waals surface area contributed by atoms with E-state index in [0.29, 0.717) is 9.39 Å². The van der Waals surface area contributed by atoms with Crippen LogP contribution in [-0.4, -0.2) is 9.97 Å². The van der Waals surface area contributed by atoms with Crippen LogP contribution in [0.25, 0.3) is 0 Å². The van der Waals surface area contributed by atoms with E-state index >= 15 is 0 Å². The van der Waals surface area contributed by atoms with Gasteiger partial charge in [0.25, 0.3) is 0 Å². The van der Waals surface area contributed by atoms with Crippen molar-refractivity contribution < 1.29 is 0 Å². The maximum Gasteiger partial charge on any atom is 0.172 e. The molecule has 0 fully saturated rings. The molecule has 0 aromatic carbocycles. The van der Waals surface area contributed by atoms with Crippen LogP contribution in [0.1, 0.15) is 11.4 Å². The standard InChI is InChI=1S/C6H4IN3/c1-4-3-9-6(7)5(2-8)10-4/h3H,1H3. The van der Waals surface area contributed by atoms with Gasteiger partial charge in [0, 0.05) is 6.20 Å². The first-order chi connectivity index (χ1) is 4.74. The lowest BCUT2D eigenvalue weighted by Gasteiger charge is -1.92. The van der Waals surface area contributed by atoms with E-state index in [1.165, 1.54) is 0 Å². The summed E-state index contributed by atoms with van der Waals surface area (Å²) in [6, 6.07) is 1.95. The Balaban J connectivity index is 3.25. The maximum absolute atomic E-state index is 8.49. The van der Waals surface area contributed by atoms with E-state index < -0.39 is 0 Å². The monoisotopic (exact) mass is 245 g/mol. The molecule has 10 heavy (non-hydrogen) atoms. The van der Waals surface area contributed by atoms with Crippen molar-refractivity contribution >= 4 is 22.6 Å². The van der Waals surface area contributed by atoms with Gasteiger partial charge in [0.2, 0.25) is 0 Å². The smallest absolute Gasteiger partial charge is 0.172 e. The van der Waals surface area contributed by atoms with Gasteiger partial charge in [-0.3, -0.25) is 0 Å². The number of nitrogens with zero attached hydrogens (tertiary/aromatic N) is 3. The molecule has 0 radical (unpaired) electrons. The number of rotatable bonds is 0. The molecule has 0 aliphatic carbocycles. The summed E-state index contributed by atoms with van der Waals surface area (Å²) in [6.45, 7) is 1.81. The van der Waals surface area contributed by atoms with Crippen molar-refractivity contribution in [2.75, 3.05) is 0 Å². The van der Waals surface area contributed by atoms with Crippen molar-refractivity contribution in [1.29, 1.82) is 5.26 Å². The molecular formula is C6H4IN3. The predicted molar refractivity (Wildman–Crippen MR) is 44.2 cm³/mol. The van der Waals surface area contributed by atoms with Crippen LogP contribution in [0, 0.1) is 22.0 Å². The first-order valence-corrected chi connectivity index (χ1v) is 3.71. The molecule has 0 aliphatic heterocycles. The van der Waals surface area contributed by atoms with E-state index in [1.807, 2.05) is 35.6 Å². The zero-order chi connectivity index (χ0) is 7.56. The van der Waals surface area contributed by atoms with Gasteiger partial charge in [-0.2, -0.15) is 5.26 Å². The Morgan fingerprint density at radius 3 is 2.90 bits per heavy atom. The zero-order valence-corrected chi connectivity index (χ0v) is 7.45. The Labute approximate surface area is 72.3 Å². The number of aryl methyl sites for hydroxylation is 1. The minimum absolute atomic E-state index is 0.403. The molecule has 0 aliphatic rings. The second-order valence-electron chi connectivity index (χ2n) is 1.76. The lowest BCUT2D eigenvalue weighted by atomic mass is 10.4. The largest absolute Gasteiger partial charge is 0.245 e. The number of halogens is 1. The molecule has 0 saturated carbocycles. The molecule has 50 valence electrons. The van der Waals surface area contributed by atoms with Crippen LogP contribution < -0.4 is 0 Å². The summed E-state index contributed by atoms with van der Waals surface area (Å²) in [6.07, 6.45) is 1.64. The van der Waals surface area contributed by atoms with E-state index in [-0.39, 0.29) is 0 Å². The van der Waals surface area contributed by atoms with E-state index in [2.05, 4.69) is 9.97 Å². The Hall–Kier alpha value is -0.700. The van der Waals surface area contributed by atoms with Gasteiger partial charge in [-0.25, -0.2) is 9.97 Å². The molecule has 4 heteroatoms. The molecule has 0 amide bonds. The lowest BCUT2D eigenvalue weighted by Crippen LogP contribution is -1.93. The Bertz CT molecular complexity index is 290. The molecule has 1 aromatic rings. The molecule has 1 aromatic heterocycles.